The summed E-state index contributed by atoms with van der Waals surface area (Å²) in [7, 11) is 5.07. The van der Waals surface area contributed by atoms with Crippen molar-refractivity contribution in [3.05, 3.63) is 72.6 Å². The van der Waals surface area contributed by atoms with Gasteiger partial charge in [-0.3, -0.25) is 0 Å². The summed E-state index contributed by atoms with van der Waals surface area (Å²) in [5.74, 6) is 0.441. The third-order valence-corrected chi connectivity index (χ3v) is 5.58. The lowest BCUT2D eigenvalue weighted by Gasteiger charge is -2.08. The van der Waals surface area contributed by atoms with Gasteiger partial charge >= 0.3 is 5.97 Å². The van der Waals surface area contributed by atoms with Crippen molar-refractivity contribution in [1.82, 2.24) is 14.5 Å². The quantitative estimate of drug-likeness (QED) is 0.375. The highest BCUT2D eigenvalue weighted by Crippen LogP contribution is 2.35. The molecule has 3 aromatic heterocycles. The Morgan fingerprint density at radius 2 is 1.94 bits per heavy atom. The molecule has 5 aromatic rings. The van der Waals surface area contributed by atoms with Crippen LogP contribution >= 0.6 is 0 Å². The Bertz CT molecular complexity index is 1470. The van der Waals surface area contributed by atoms with Crippen LogP contribution < -0.4 is 10.1 Å². The van der Waals surface area contributed by atoms with Crippen molar-refractivity contribution in [2.75, 3.05) is 19.5 Å². The first-order valence-electron chi connectivity index (χ1n) is 10.1. The van der Waals surface area contributed by atoms with Crippen LogP contribution in [0.1, 0.15) is 10.4 Å². The Balaban J connectivity index is 1.58. The summed E-state index contributed by atoms with van der Waals surface area (Å²) in [6, 6.07) is 17.3. The monoisotopic (exact) mass is 426 g/mol. The van der Waals surface area contributed by atoms with E-state index in [1.807, 2.05) is 37.4 Å². The molecule has 3 heterocycles. The molecule has 0 atom stereocenters. The summed E-state index contributed by atoms with van der Waals surface area (Å²) < 4.78 is 12.3. The van der Waals surface area contributed by atoms with Crippen LogP contribution in [0.4, 0.5) is 11.4 Å². The maximum absolute atomic E-state index is 11.9. The van der Waals surface area contributed by atoms with Crippen LogP contribution in [0.3, 0.4) is 0 Å². The van der Waals surface area contributed by atoms with Gasteiger partial charge in [0, 0.05) is 52.7 Å². The van der Waals surface area contributed by atoms with E-state index in [9.17, 15) is 4.79 Å². The predicted octanol–water partition coefficient (Wildman–Crippen LogP) is 5.26. The predicted molar refractivity (Wildman–Crippen MR) is 126 cm³/mol. The van der Waals surface area contributed by atoms with E-state index in [0.29, 0.717) is 5.56 Å². The average molecular weight is 426 g/mol. The molecule has 0 spiro atoms. The topological polar surface area (TPSA) is 81.2 Å². The van der Waals surface area contributed by atoms with Gasteiger partial charge in [0.2, 0.25) is 0 Å². The Hall–Kier alpha value is -4.26. The molecular weight excluding hydrogens is 404 g/mol. The molecule has 0 aliphatic heterocycles. The zero-order chi connectivity index (χ0) is 22.2. The van der Waals surface area contributed by atoms with Crippen molar-refractivity contribution in [1.29, 1.82) is 0 Å². The van der Waals surface area contributed by atoms with Crippen molar-refractivity contribution >= 4 is 39.3 Å². The lowest BCUT2D eigenvalue weighted by atomic mass is 10.1. The van der Waals surface area contributed by atoms with Crippen molar-refractivity contribution in [2.45, 2.75) is 0 Å². The highest BCUT2D eigenvalue weighted by atomic mass is 16.5. The van der Waals surface area contributed by atoms with Crippen molar-refractivity contribution in [3.8, 4) is 17.0 Å². The van der Waals surface area contributed by atoms with Crippen molar-refractivity contribution in [3.63, 3.8) is 0 Å². The van der Waals surface area contributed by atoms with E-state index in [2.05, 4.69) is 38.2 Å². The Morgan fingerprint density at radius 3 is 2.75 bits per heavy atom. The molecule has 2 aromatic carbocycles. The van der Waals surface area contributed by atoms with Gasteiger partial charge in [-0.25, -0.2) is 9.78 Å². The lowest BCUT2D eigenvalue weighted by Crippen LogP contribution is -2.01. The van der Waals surface area contributed by atoms with Gasteiger partial charge in [0.1, 0.15) is 11.4 Å². The van der Waals surface area contributed by atoms with Gasteiger partial charge in [0.05, 0.1) is 25.5 Å². The number of benzene rings is 2. The maximum Gasteiger partial charge on any atom is 0.337 e. The van der Waals surface area contributed by atoms with Gasteiger partial charge < -0.3 is 24.3 Å². The molecule has 32 heavy (non-hydrogen) atoms. The molecule has 0 radical (unpaired) electrons. The Morgan fingerprint density at radius 1 is 1.06 bits per heavy atom. The lowest BCUT2D eigenvalue weighted by molar-refractivity contribution is 0.0601. The fourth-order valence-electron chi connectivity index (χ4n) is 3.99. The number of carbonyl (C=O) groups is 1. The highest BCUT2D eigenvalue weighted by Gasteiger charge is 2.14. The number of aromatic nitrogens is 3. The van der Waals surface area contributed by atoms with Gasteiger partial charge in [-0.15, -0.1) is 0 Å². The minimum Gasteiger partial charge on any atom is -0.497 e. The molecule has 5 rings (SSSR count). The van der Waals surface area contributed by atoms with Gasteiger partial charge in [-0.1, -0.05) is 6.07 Å². The van der Waals surface area contributed by atoms with Crippen molar-refractivity contribution < 1.29 is 14.3 Å². The second-order valence-electron chi connectivity index (χ2n) is 7.54. The van der Waals surface area contributed by atoms with Crippen LogP contribution in [0, 0.1) is 0 Å². The highest BCUT2D eigenvalue weighted by molar-refractivity contribution is 6.01. The van der Waals surface area contributed by atoms with Crippen LogP contribution in [-0.2, 0) is 11.8 Å². The number of hydrogen-bond donors (Lipinski definition) is 2. The number of ether oxygens (including phenoxy) is 2. The number of fused-ring (bicyclic) bond motifs is 2. The average Bonchev–Trinajstić information content (AvgIpc) is 3.40. The number of pyridine rings is 1. The number of esters is 1. The number of nitrogens with zero attached hydrogens (tertiary/aromatic N) is 2. The molecule has 0 bridgehead atoms. The summed E-state index contributed by atoms with van der Waals surface area (Å²) in [5, 5.41) is 5.44. The van der Waals surface area contributed by atoms with Crippen LogP contribution in [0.25, 0.3) is 33.2 Å². The molecule has 0 amide bonds. The fraction of sp³-hybridized carbons (Fsp3) is 0.120. The normalized spacial score (nSPS) is 11.1. The summed E-state index contributed by atoms with van der Waals surface area (Å²) in [6.07, 6.45) is 3.85. The van der Waals surface area contributed by atoms with E-state index in [-0.39, 0.29) is 5.97 Å². The number of nitrogens with one attached hydrogen (secondary N) is 2. The molecule has 0 aliphatic rings. The first-order valence-corrected chi connectivity index (χ1v) is 10.1. The zero-order valence-electron chi connectivity index (χ0n) is 18.0. The molecule has 2 N–H and O–H groups in total. The summed E-state index contributed by atoms with van der Waals surface area (Å²) in [4.78, 5) is 19.8. The minimum absolute atomic E-state index is 0.371. The molecule has 7 nitrogen and oxygen atoms in total. The van der Waals surface area contributed by atoms with E-state index < -0.39 is 0 Å². The molecule has 0 fully saturated rings. The molecule has 0 saturated carbocycles. The van der Waals surface area contributed by atoms with Crippen LogP contribution in [0.2, 0.25) is 0 Å². The number of anilines is 2. The van der Waals surface area contributed by atoms with Gasteiger partial charge in [-0.05, 0) is 48.5 Å². The Kier molecular flexibility index (Phi) is 4.78. The van der Waals surface area contributed by atoms with E-state index in [4.69, 9.17) is 9.47 Å². The number of carbonyl (C=O) groups excluding carboxylic acids is 1. The zero-order valence-corrected chi connectivity index (χ0v) is 18.0. The number of hydrogen-bond acceptors (Lipinski definition) is 5. The number of aryl methyl sites for hydroxylation is 1. The molecule has 7 heteroatoms. The molecule has 0 unspecified atom stereocenters. The number of H-pyrrole nitrogens is 1. The fourth-order valence-corrected chi connectivity index (χ4v) is 3.99. The second-order valence-corrected chi connectivity index (χ2v) is 7.54. The van der Waals surface area contributed by atoms with E-state index in [0.717, 1.165) is 50.3 Å². The SMILES string of the molecule is COC(=O)c1cccc(Nc2ccnc3[nH]c(-c4cn(C)c5ccc(OC)cc45)cc23)c1. The summed E-state index contributed by atoms with van der Waals surface area (Å²) in [5.41, 5.74) is 6.08. The van der Waals surface area contributed by atoms with Gasteiger partial charge in [-0.2, -0.15) is 0 Å². The van der Waals surface area contributed by atoms with Crippen molar-refractivity contribution in [2.24, 2.45) is 7.05 Å². The third-order valence-electron chi connectivity index (χ3n) is 5.58. The third kappa shape index (κ3) is 3.33. The van der Waals surface area contributed by atoms with E-state index in [1.165, 1.54) is 7.11 Å². The number of rotatable bonds is 5. The minimum atomic E-state index is -0.371. The second kappa shape index (κ2) is 7.77. The first kappa shape index (κ1) is 19.7. The number of methoxy groups -OCH3 is 2. The van der Waals surface area contributed by atoms with Crippen LogP contribution in [0.5, 0.6) is 5.75 Å². The van der Waals surface area contributed by atoms with Gasteiger partial charge in [0.15, 0.2) is 0 Å². The van der Waals surface area contributed by atoms with E-state index in [1.54, 1.807) is 25.4 Å². The van der Waals surface area contributed by atoms with Crippen LogP contribution in [-0.4, -0.2) is 34.7 Å². The molecular formula is C25H22N4O3. The standard InChI is InChI=1S/C25H22N4O3/c1-29-14-20(18-12-17(31-2)7-8-23(18)29)22-13-19-21(9-10-26-24(19)28-22)27-16-6-4-5-15(11-16)25(30)32-3/h4-14H,1-3H3,(H2,26,27,28). The summed E-state index contributed by atoms with van der Waals surface area (Å²) in [6.45, 7) is 0. The maximum atomic E-state index is 11.9. The first-order chi connectivity index (χ1) is 15.6. The Labute approximate surface area is 184 Å². The van der Waals surface area contributed by atoms with E-state index >= 15 is 0 Å². The summed E-state index contributed by atoms with van der Waals surface area (Å²) >= 11 is 0. The smallest absolute Gasteiger partial charge is 0.337 e. The van der Waals surface area contributed by atoms with Crippen LogP contribution in [0.15, 0.2) is 67.0 Å². The largest absolute Gasteiger partial charge is 0.497 e. The number of aromatic amines is 1. The molecule has 0 aliphatic carbocycles. The molecule has 160 valence electrons. The van der Waals surface area contributed by atoms with Gasteiger partial charge in [0.25, 0.3) is 0 Å². The molecule has 0 saturated heterocycles.